The maximum atomic E-state index is 5.55. The highest BCUT2D eigenvalue weighted by molar-refractivity contribution is 5.26. The summed E-state index contributed by atoms with van der Waals surface area (Å²) in [5, 5.41) is 0. The molecule has 0 unspecified atom stereocenters. The first-order valence-corrected chi connectivity index (χ1v) is 4.13. The summed E-state index contributed by atoms with van der Waals surface area (Å²) in [5.41, 5.74) is 6.78. The van der Waals surface area contributed by atoms with Crippen LogP contribution < -0.4 is 10.5 Å². The molecule has 66 valence electrons. The van der Waals surface area contributed by atoms with E-state index in [2.05, 4.69) is 6.92 Å². The third-order valence-corrected chi connectivity index (χ3v) is 1.53. The molecule has 0 amide bonds. The Labute approximate surface area is 73.3 Å². The van der Waals surface area contributed by atoms with Gasteiger partial charge in [-0.25, -0.2) is 0 Å². The summed E-state index contributed by atoms with van der Waals surface area (Å²) in [4.78, 5) is 0. The second kappa shape index (κ2) is 4.12. The number of rotatable bonds is 3. The minimum absolute atomic E-state index is 0.0892. The highest BCUT2D eigenvalue weighted by Gasteiger charge is 1.95. The van der Waals surface area contributed by atoms with Crippen molar-refractivity contribution in [3.8, 4) is 5.75 Å². The SMILES string of the molecule is Cc1ccc(OC[C@H](C)N)cc1. The summed E-state index contributed by atoms with van der Waals surface area (Å²) in [6.45, 7) is 4.55. The van der Waals surface area contributed by atoms with Gasteiger partial charge in [0.2, 0.25) is 0 Å². The maximum absolute atomic E-state index is 5.55. The third-order valence-electron chi connectivity index (χ3n) is 1.53. The van der Waals surface area contributed by atoms with E-state index in [9.17, 15) is 0 Å². The molecule has 0 saturated heterocycles. The minimum Gasteiger partial charge on any atom is -0.492 e. The van der Waals surface area contributed by atoms with E-state index in [1.807, 2.05) is 31.2 Å². The van der Waals surface area contributed by atoms with E-state index in [0.717, 1.165) is 5.75 Å². The van der Waals surface area contributed by atoms with Crippen LogP contribution in [0.2, 0.25) is 0 Å². The van der Waals surface area contributed by atoms with Gasteiger partial charge in [-0.3, -0.25) is 0 Å². The summed E-state index contributed by atoms with van der Waals surface area (Å²) in [5.74, 6) is 0.887. The van der Waals surface area contributed by atoms with Crippen LogP contribution in [-0.4, -0.2) is 12.6 Å². The van der Waals surface area contributed by atoms with Gasteiger partial charge in [-0.1, -0.05) is 17.7 Å². The van der Waals surface area contributed by atoms with Crippen molar-refractivity contribution in [3.05, 3.63) is 29.8 Å². The van der Waals surface area contributed by atoms with Crippen molar-refractivity contribution in [2.24, 2.45) is 5.73 Å². The van der Waals surface area contributed by atoms with Crippen LogP contribution in [0.15, 0.2) is 24.3 Å². The van der Waals surface area contributed by atoms with E-state index in [1.54, 1.807) is 0 Å². The maximum Gasteiger partial charge on any atom is 0.119 e. The molecule has 12 heavy (non-hydrogen) atoms. The molecule has 1 aromatic rings. The fourth-order valence-corrected chi connectivity index (χ4v) is 0.862. The van der Waals surface area contributed by atoms with E-state index in [-0.39, 0.29) is 6.04 Å². The average Bonchev–Trinajstić information content (AvgIpc) is 2.03. The number of ether oxygens (including phenoxy) is 1. The van der Waals surface area contributed by atoms with Crippen LogP contribution >= 0.6 is 0 Å². The first kappa shape index (κ1) is 9.07. The van der Waals surface area contributed by atoms with E-state index < -0.39 is 0 Å². The van der Waals surface area contributed by atoms with Crippen LogP contribution in [0.4, 0.5) is 0 Å². The van der Waals surface area contributed by atoms with Crippen molar-refractivity contribution in [1.29, 1.82) is 0 Å². The van der Waals surface area contributed by atoms with Gasteiger partial charge in [0.15, 0.2) is 0 Å². The zero-order chi connectivity index (χ0) is 8.97. The second-order valence-corrected chi connectivity index (χ2v) is 3.10. The summed E-state index contributed by atoms with van der Waals surface area (Å²) in [7, 11) is 0. The molecule has 0 aromatic heterocycles. The molecule has 1 rings (SSSR count). The number of hydrogen-bond donors (Lipinski definition) is 1. The molecule has 0 heterocycles. The van der Waals surface area contributed by atoms with Crippen molar-refractivity contribution < 1.29 is 4.74 Å². The lowest BCUT2D eigenvalue weighted by atomic mass is 10.2. The zero-order valence-electron chi connectivity index (χ0n) is 7.58. The Morgan fingerprint density at radius 1 is 1.33 bits per heavy atom. The molecule has 0 spiro atoms. The van der Waals surface area contributed by atoms with Gasteiger partial charge in [0.25, 0.3) is 0 Å². The molecule has 0 saturated carbocycles. The second-order valence-electron chi connectivity index (χ2n) is 3.10. The van der Waals surface area contributed by atoms with E-state index in [1.165, 1.54) is 5.56 Å². The summed E-state index contributed by atoms with van der Waals surface area (Å²) < 4.78 is 5.40. The molecular weight excluding hydrogens is 150 g/mol. The molecule has 1 aromatic carbocycles. The van der Waals surface area contributed by atoms with Crippen molar-refractivity contribution in [3.63, 3.8) is 0 Å². The highest BCUT2D eigenvalue weighted by atomic mass is 16.5. The quantitative estimate of drug-likeness (QED) is 0.740. The van der Waals surface area contributed by atoms with Crippen LogP contribution in [0.5, 0.6) is 5.75 Å². The van der Waals surface area contributed by atoms with E-state index in [4.69, 9.17) is 10.5 Å². The molecule has 0 radical (unpaired) electrons. The van der Waals surface area contributed by atoms with Crippen LogP contribution in [0, 0.1) is 6.92 Å². The molecule has 2 heteroatoms. The van der Waals surface area contributed by atoms with Gasteiger partial charge in [0.1, 0.15) is 12.4 Å². The van der Waals surface area contributed by atoms with Crippen molar-refractivity contribution in [1.82, 2.24) is 0 Å². The predicted molar refractivity (Wildman–Crippen MR) is 50.3 cm³/mol. The van der Waals surface area contributed by atoms with Gasteiger partial charge < -0.3 is 10.5 Å². The topological polar surface area (TPSA) is 35.2 Å². The Hall–Kier alpha value is -1.02. The van der Waals surface area contributed by atoms with Crippen LogP contribution in [0.3, 0.4) is 0 Å². The highest BCUT2D eigenvalue weighted by Crippen LogP contribution is 2.11. The molecule has 1 atom stereocenters. The summed E-state index contributed by atoms with van der Waals surface area (Å²) in [6.07, 6.45) is 0. The van der Waals surface area contributed by atoms with Gasteiger partial charge in [0, 0.05) is 6.04 Å². The van der Waals surface area contributed by atoms with Crippen molar-refractivity contribution in [2.75, 3.05) is 6.61 Å². The van der Waals surface area contributed by atoms with E-state index >= 15 is 0 Å². The van der Waals surface area contributed by atoms with Crippen molar-refractivity contribution >= 4 is 0 Å². The molecule has 0 bridgehead atoms. The Kier molecular flexibility index (Phi) is 3.11. The number of aryl methyl sites for hydroxylation is 1. The van der Waals surface area contributed by atoms with Crippen LogP contribution in [-0.2, 0) is 0 Å². The van der Waals surface area contributed by atoms with Gasteiger partial charge in [-0.15, -0.1) is 0 Å². The first-order valence-electron chi connectivity index (χ1n) is 4.13. The largest absolute Gasteiger partial charge is 0.492 e. The fraction of sp³-hybridized carbons (Fsp3) is 0.400. The van der Waals surface area contributed by atoms with Gasteiger partial charge in [-0.2, -0.15) is 0 Å². The number of hydrogen-bond acceptors (Lipinski definition) is 2. The summed E-state index contributed by atoms with van der Waals surface area (Å²) >= 11 is 0. The Morgan fingerprint density at radius 3 is 2.42 bits per heavy atom. The van der Waals surface area contributed by atoms with Gasteiger partial charge >= 0.3 is 0 Å². The predicted octanol–water partition coefficient (Wildman–Crippen LogP) is 1.72. The monoisotopic (exact) mass is 165 g/mol. The smallest absolute Gasteiger partial charge is 0.119 e. The molecule has 0 aliphatic rings. The lowest BCUT2D eigenvalue weighted by Gasteiger charge is -2.08. The van der Waals surface area contributed by atoms with E-state index in [0.29, 0.717) is 6.61 Å². The average molecular weight is 165 g/mol. The Morgan fingerprint density at radius 2 is 1.92 bits per heavy atom. The first-order chi connectivity index (χ1) is 5.68. The molecule has 0 aliphatic carbocycles. The Balaban J connectivity index is 2.48. The number of benzene rings is 1. The molecule has 2 N–H and O–H groups in total. The molecule has 0 aliphatic heterocycles. The van der Waals surface area contributed by atoms with Crippen molar-refractivity contribution in [2.45, 2.75) is 19.9 Å². The lowest BCUT2D eigenvalue weighted by molar-refractivity contribution is 0.296. The lowest BCUT2D eigenvalue weighted by Crippen LogP contribution is -2.23. The zero-order valence-corrected chi connectivity index (χ0v) is 7.58. The normalized spacial score (nSPS) is 12.6. The minimum atomic E-state index is 0.0892. The Bertz CT molecular complexity index is 228. The molecular formula is C10H15NO. The van der Waals surface area contributed by atoms with Gasteiger partial charge in [-0.05, 0) is 26.0 Å². The fourth-order valence-electron chi connectivity index (χ4n) is 0.862. The molecule has 2 nitrogen and oxygen atoms in total. The third kappa shape index (κ3) is 2.93. The molecule has 0 fully saturated rings. The summed E-state index contributed by atoms with van der Waals surface area (Å²) in [6, 6.07) is 8.05. The van der Waals surface area contributed by atoms with Gasteiger partial charge in [0.05, 0.1) is 0 Å². The van der Waals surface area contributed by atoms with Crippen LogP contribution in [0.25, 0.3) is 0 Å². The number of nitrogens with two attached hydrogens (primary N) is 1. The van der Waals surface area contributed by atoms with Crippen LogP contribution in [0.1, 0.15) is 12.5 Å². The standard InChI is InChI=1S/C10H15NO/c1-8-3-5-10(6-4-8)12-7-9(2)11/h3-6,9H,7,11H2,1-2H3/t9-/m0/s1.